The second-order valence-corrected chi connectivity index (χ2v) is 8.73. The topological polar surface area (TPSA) is 63.9 Å². The first-order chi connectivity index (χ1) is 11.4. The van der Waals surface area contributed by atoms with E-state index in [4.69, 9.17) is 0 Å². The summed E-state index contributed by atoms with van der Waals surface area (Å²) in [4.78, 5) is 15.2. The maximum atomic E-state index is 13.1. The second-order valence-electron chi connectivity index (χ2n) is 8.73. The molecule has 2 heterocycles. The van der Waals surface area contributed by atoms with Gasteiger partial charge in [0.25, 0.3) is 0 Å². The van der Waals surface area contributed by atoms with Crippen LogP contribution in [0.15, 0.2) is 12.2 Å². The van der Waals surface area contributed by atoms with Gasteiger partial charge in [0.2, 0.25) is 5.91 Å². The van der Waals surface area contributed by atoms with Gasteiger partial charge in [-0.15, -0.1) is 5.10 Å². The highest BCUT2D eigenvalue weighted by Crippen LogP contribution is 2.48. The lowest BCUT2D eigenvalue weighted by molar-refractivity contribution is -0.133. The molecule has 6 heteroatoms. The molecule has 0 N–H and O–H groups in total. The number of nitrogens with zero attached hydrogens (tertiary/aromatic N) is 5. The van der Waals surface area contributed by atoms with Crippen molar-refractivity contribution in [2.45, 2.75) is 52.0 Å². The molecule has 6 nitrogen and oxygen atoms in total. The first kappa shape index (κ1) is 15.8. The minimum absolute atomic E-state index is 0.154. The lowest BCUT2D eigenvalue weighted by Gasteiger charge is -2.40. The number of amides is 1. The SMILES string of the molecule is CC(C(=O)N1CC2C3C=CC(CC3)C2C1)n1nnnc1C(C)(C)C. The van der Waals surface area contributed by atoms with Crippen LogP contribution in [0.1, 0.15) is 52.4 Å². The number of carbonyl (C=O) groups is 1. The third-order valence-corrected chi connectivity index (χ3v) is 6.15. The maximum Gasteiger partial charge on any atom is 0.247 e. The smallest absolute Gasteiger partial charge is 0.247 e. The van der Waals surface area contributed by atoms with Crippen LogP contribution in [0.2, 0.25) is 0 Å². The molecule has 4 aliphatic rings. The van der Waals surface area contributed by atoms with Gasteiger partial charge in [0.15, 0.2) is 5.82 Å². The summed E-state index contributed by atoms with van der Waals surface area (Å²) < 4.78 is 1.71. The Labute approximate surface area is 143 Å². The Bertz CT molecular complexity index is 651. The van der Waals surface area contributed by atoms with Crippen molar-refractivity contribution in [3.8, 4) is 0 Å². The number of fused-ring (bicyclic) bond motifs is 1. The zero-order chi connectivity index (χ0) is 17.1. The van der Waals surface area contributed by atoms with E-state index in [0.717, 1.165) is 18.9 Å². The molecule has 5 rings (SSSR count). The molecular weight excluding hydrogens is 302 g/mol. The lowest BCUT2D eigenvalue weighted by Crippen LogP contribution is -2.37. The van der Waals surface area contributed by atoms with Gasteiger partial charge >= 0.3 is 0 Å². The van der Waals surface area contributed by atoms with Gasteiger partial charge in [-0.3, -0.25) is 4.79 Å². The molecule has 1 saturated carbocycles. The van der Waals surface area contributed by atoms with Crippen molar-refractivity contribution in [2.24, 2.45) is 23.7 Å². The number of allylic oxidation sites excluding steroid dienone is 2. The fraction of sp³-hybridized carbons (Fsp3) is 0.778. The zero-order valence-corrected chi connectivity index (χ0v) is 15.0. The molecule has 1 aromatic rings. The molecule has 1 aromatic heterocycles. The number of aromatic nitrogens is 4. The highest BCUT2D eigenvalue weighted by molar-refractivity contribution is 5.80. The number of tetrazole rings is 1. The van der Waals surface area contributed by atoms with E-state index in [-0.39, 0.29) is 17.4 Å². The molecule has 1 amide bonds. The first-order valence-electron chi connectivity index (χ1n) is 9.11. The number of hydrogen-bond donors (Lipinski definition) is 0. The monoisotopic (exact) mass is 329 g/mol. The average molecular weight is 329 g/mol. The molecular formula is C18H27N5O. The summed E-state index contributed by atoms with van der Waals surface area (Å²) in [6, 6.07) is -0.347. The summed E-state index contributed by atoms with van der Waals surface area (Å²) >= 11 is 0. The van der Waals surface area contributed by atoms with Crippen molar-refractivity contribution < 1.29 is 4.79 Å². The van der Waals surface area contributed by atoms with Gasteiger partial charge in [0.05, 0.1) is 0 Å². The number of likely N-dealkylation sites (tertiary alicyclic amines) is 1. The highest BCUT2D eigenvalue weighted by atomic mass is 16.2. The minimum atomic E-state index is -0.347. The van der Waals surface area contributed by atoms with Crippen molar-refractivity contribution in [1.29, 1.82) is 0 Å². The van der Waals surface area contributed by atoms with Crippen LogP contribution in [0.4, 0.5) is 0 Å². The molecule has 5 unspecified atom stereocenters. The molecule has 5 atom stereocenters. The predicted octanol–water partition coefficient (Wildman–Crippen LogP) is 2.20. The Morgan fingerprint density at radius 1 is 1.17 bits per heavy atom. The van der Waals surface area contributed by atoms with Crippen LogP contribution in [0, 0.1) is 23.7 Å². The highest BCUT2D eigenvalue weighted by Gasteiger charge is 2.47. The standard InChI is InChI=1S/C18H27N5O/c1-11(23-17(18(2,3)4)19-20-21-23)16(24)22-9-14-12-5-6-13(8-7-12)15(14)10-22/h5-6,11-15H,7-10H2,1-4H3. The lowest BCUT2D eigenvalue weighted by atomic mass is 9.64. The number of hydrogen-bond acceptors (Lipinski definition) is 4. The van der Waals surface area contributed by atoms with Gasteiger partial charge in [-0.2, -0.15) is 0 Å². The summed E-state index contributed by atoms with van der Waals surface area (Å²) in [7, 11) is 0. The molecule has 130 valence electrons. The normalized spacial score (nSPS) is 32.9. The molecule has 0 radical (unpaired) electrons. The molecule has 24 heavy (non-hydrogen) atoms. The molecule has 3 aliphatic carbocycles. The van der Waals surface area contributed by atoms with Crippen molar-refractivity contribution >= 4 is 5.91 Å². The molecule has 1 aliphatic heterocycles. The third kappa shape index (κ3) is 2.38. The molecule has 2 fully saturated rings. The quantitative estimate of drug-likeness (QED) is 0.780. The fourth-order valence-corrected chi connectivity index (χ4v) is 4.83. The summed E-state index contributed by atoms with van der Waals surface area (Å²) in [6.07, 6.45) is 7.37. The van der Waals surface area contributed by atoms with Gasteiger partial charge in [0, 0.05) is 18.5 Å². The van der Waals surface area contributed by atoms with Crippen LogP contribution in [0.5, 0.6) is 0 Å². The van der Waals surface area contributed by atoms with Gasteiger partial charge in [-0.25, -0.2) is 4.68 Å². The van der Waals surface area contributed by atoms with E-state index < -0.39 is 0 Å². The van der Waals surface area contributed by atoms with Crippen LogP contribution < -0.4 is 0 Å². The van der Waals surface area contributed by atoms with E-state index in [1.165, 1.54) is 12.8 Å². The summed E-state index contributed by atoms with van der Waals surface area (Å²) in [5.74, 6) is 3.57. The Morgan fingerprint density at radius 3 is 2.25 bits per heavy atom. The Kier molecular flexibility index (Phi) is 3.55. The van der Waals surface area contributed by atoms with Gasteiger partial charge in [0.1, 0.15) is 6.04 Å². The second kappa shape index (κ2) is 5.39. The van der Waals surface area contributed by atoms with Crippen molar-refractivity contribution in [2.75, 3.05) is 13.1 Å². The van der Waals surface area contributed by atoms with E-state index in [1.807, 2.05) is 6.92 Å². The molecule has 2 bridgehead atoms. The van der Waals surface area contributed by atoms with E-state index in [2.05, 4.69) is 53.3 Å². The van der Waals surface area contributed by atoms with Crippen LogP contribution >= 0.6 is 0 Å². The fourth-order valence-electron chi connectivity index (χ4n) is 4.83. The molecule has 0 aromatic carbocycles. The maximum absolute atomic E-state index is 13.1. The van der Waals surface area contributed by atoms with E-state index in [1.54, 1.807) is 4.68 Å². The van der Waals surface area contributed by atoms with Gasteiger partial charge < -0.3 is 4.90 Å². The van der Waals surface area contributed by atoms with Gasteiger partial charge in [-0.1, -0.05) is 32.9 Å². The van der Waals surface area contributed by atoms with Crippen molar-refractivity contribution in [1.82, 2.24) is 25.1 Å². The van der Waals surface area contributed by atoms with Crippen LogP contribution in [-0.2, 0) is 10.2 Å². The first-order valence-corrected chi connectivity index (χ1v) is 9.11. The van der Waals surface area contributed by atoms with Gasteiger partial charge in [-0.05, 0) is 53.9 Å². The molecule has 1 saturated heterocycles. The van der Waals surface area contributed by atoms with Crippen LogP contribution in [-0.4, -0.2) is 44.1 Å². The number of carbonyl (C=O) groups excluding carboxylic acids is 1. The van der Waals surface area contributed by atoms with E-state index in [0.29, 0.717) is 23.7 Å². The third-order valence-electron chi connectivity index (χ3n) is 6.15. The Morgan fingerprint density at radius 2 is 1.75 bits per heavy atom. The Balaban J connectivity index is 1.52. The Hall–Kier alpha value is -1.72. The van der Waals surface area contributed by atoms with Crippen molar-refractivity contribution in [3.63, 3.8) is 0 Å². The predicted molar refractivity (Wildman–Crippen MR) is 90.1 cm³/mol. The van der Waals surface area contributed by atoms with Crippen molar-refractivity contribution in [3.05, 3.63) is 18.0 Å². The number of rotatable bonds is 2. The molecule has 0 spiro atoms. The summed E-state index contributed by atoms with van der Waals surface area (Å²) in [5.41, 5.74) is -0.180. The van der Waals surface area contributed by atoms with Crippen LogP contribution in [0.3, 0.4) is 0 Å². The summed E-state index contributed by atoms with van der Waals surface area (Å²) in [5, 5.41) is 12.1. The minimum Gasteiger partial charge on any atom is -0.340 e. The largest absolute Gasteiger partial charge is 0.340 e. The van der Waals surface area contributed by atoms with Crippen LogP contribution in [0.25, 0.3) is 0 Å². The average Bonchev–Trinajstić information content (AvgIpc) is 3.21. The zero-order valence-electron chi connectivity index (χ0n) is 15.0. The van der Waals surface area contributed by atoms with E-state index >= 15 is 0 Å². The summed E-state index contributed by atoms with van der Waals surface area (Å²) in [6.45, 7) is 9.92. The van der Waals surface area contributed by atoms with E-state index in [9.17, 15) is 4.79 Å².